The second kappa shape index (κ2) is 45.7. The van der Waals surface area contributed by atoms with Gasteiger partial charge in [0.05, 0.1) is 48.2 Å². The van der Waals surface area contributed by atoms with Crippen LogP contribution in [-0.4, -0.2) is 126 Å². The Labute approximate surface area is 630 Å². The minimum absolute atomic E-state index is 0.00880. The van der Waals surface area contributed by atoms with Crippen LogP contribution in [0.5, 0.6) is 11.5 Å². The molecule has 0 spiro atoms. The number of carboxylic acid groups (broad SMARTS) is 1. The number of nitrogens with zero attached hydrogens (tertiary/aromatic N) is 5. The van der Waals surface area contributed by atoms with Crippen LogP contribution >= 0.6 is 11.3 Å². The highest BCUT2D eigenvalue weighted by Gasteiger charge is 2.25. The lowest BCUT2D eigenvalue weighted by Gasteiger charge is -2.28. The number of morpholine rings is 1. The van der Waals surface area contributed by atoms with Crippen molar-refractivity contribution in [2.75, 3.05) is 60.4 Å². The van der Waals surface area contributed by atoms with Crippen LogP contribution in [0.25, 0.3) is 32.8 Å². The average Bonchev–Trinajstić information content (AvgIpc) is 1.70. The number of carboxylic acids is 1. The lowest BCUT2D eigenvalue weighted by molar-refractivity contribution is -0.138. The monoisotopic (exact) mass is 1480 g/mol. The highest BCUT2D eigenvalue weighted by atomic mass is 32.1. The SMILES string of the molecule is CC(=O)O.CC(C)C(=O)N1CCCC1.CC(C)C(=O)N1CCOCC1.CC(C)CC(=O)c1cccc(F)c1.CC(C)c1ccc2c(c1)OCO2.CC(C)c1nc2ccccc2o1.COC(=O)c1ccc2sc(C(C)C)nc2c1.COC(=O)c1nc(-c2ccccc2)oc1C(C)C.Cc1cccc(C(C)C)c1. The number of amides is 2. The Morgan fingerprint density at radius 1 is 0.547 bits per heavy atom. The molecule has 19 nitrogen and oxygen atoms in total. The summed E-state index contributed by atoms with van der Waals surface area (Å²) in [6.45, 7) is 41.2. The van der Waals surface area contributed by atoms with Crippen LogP contribution in [0.3, 0.4) is 0 Å². The number of hydrogen-bond donors (Lipinski definition) is 1. The number of aryl methyl sites for hydroxylation is 1. The Morgan fingerprint density at radius 2 is 1.12 bits per heavy atom. The standard InChI is InChI=1S/C14H15NO3.C12H13NO2S.C11H13FO.C10H11NO.C10H12O2.C10H14.C8H15NO2.C8H15NO.C2H4O2/c1-9(2)12-11(14(16)17-3)15-13(18-12)10-7-5-4-6-8-10;1-7(2)11-13-9-6-8(12(14)15-3)4-5-10(9)16-11;1-8(2)6-11(13)9-4-3-5-10(12)7-9;1-7(2)10-11-8-5-3-4-6-9(8)12-10;1-7(2)8-3-4-9-10(5-8)12-6-11-9;1-8(2)10-6-4-5-9(3)7-10;1-7(2)8(10)9-3-5-11-6-4-9;1-7(2)8(10)9-5-3-4-6-9;1-2(3)4/h4-9H,1-3H3;4-7H,1-3H3;3-5,7-8H,6H2,1-2H3;3-7H,1-2H3;3-5,7H,6H2,1-2H3;4-8H,1-3H3;7H,3-6H2,1-2H3;7H,3-6H2,1-2H3;1H3,(H,3,4). The molecule has 3 aliphatic rings. The maximum atomic E-state index is 12.7. The van der Waals surface area contributed by atoms with Crippen molar-refractivity contribution in [3.05, 3.63) is 196 Å². The van der Waals surface area contributed by atoms with Crippen LogP contribution in [-0.2, 0) is 28.6 Å². The Balaban J connectivity index is 0.000000256. The molecule has 6 heterocycles. The fourth-order valence-electron chi connectivity index (χ4n) is 10.1. The van der Waals surface area contributed by atoms with Gasteiger partial charge in [0.15, 0.2) is 34.4 Å². The van der Waals surface area contributed by atoms with Gasteiger partial charge in [-0.2, -0.15) is 0 Å². The third kappa shape index (κ3) is 30.5. The van der Waals surface area contributed by atoms with Crippen molar-refractivity contribution in [2.24, 2.45) is 17.8 Å². The molecule has 0 unspecified atom stereocenters. The molecule has 3 aliphatic heterocycles. The summed E-state index contributed by atoms with van der Waals surface area (Å²) in [4.78, 5) is 83.0. The van der Waals surface area contributed by atoms with Crippen LogP contribution in [0.4, 0.5) is 4.39 Å². The summed E-state index contributed by atoms with van der Waals surface area (Å²) in [6.07, 6.45) is 2.86. The van der Waals surface area contributed by atoms with E-state index in [0.717, 1.165) is 82.4 Å². The summed E-state index contributed by atoms with van der Waals surface area (Å²) >= 11 is 1.67. The van der Waals surface area contributed by atoms with E-state index in [-0.39, 0.29) is 46.9 Å². The number of Topliss-reactive ketones (excluding diaryl/α,β-unsaturated/α-hetero) is 1. The van der Waals surface area contributed by atoms with Crippen molar-refractivity contribution >= 4 is 68.2 Å². The molecular weight excluding hydrogens is 1370 g/mol. The van der Waals surface area contributed by atoms with E-state index >= 15 is 0 Å². The Kier molecular flexibility index (Phi) is 38.3. The molecular formula is C85H112FN5O14S. The van der Waals surface area contributed by atoms with Gasteiger partial charge >= 0.3 is 11.9 Å². The maximum Gasteiger partial charge on any atom is 0.360 e. The normalized spacial score (nSPS) is 12.5. The number of para-hydroxylation sites is 2. The molecule has 0 aliphatic carbocycles. The molecule has 2 saturated heterocycles. The predicted octanol–water partition coefficient (Wildman–Crippen LogP) is 20.0. The van der Waals surface area contributed by atoms with Gasteiger partial charge in [-0.3, -0.25) is 19.2 Å². The molecule has 3 aromatic heterocycles. The Hall–Kier alpha value is -9.60. The first-order valence-electron chi connectivity index (χ1n) is 36.3. The highest BCUT2D eigenvalue weighted by molar-refractivity contribution is 7.18. The number of thiazole rings is 1. The minimum atomic E-state index is -0.833. The number of ether oxygens (including phenoxy) is 5. The molecule has 0 radical (unpaired) electrons. The smallest absolute Gasteiger partial charge is 0.360 e. The van der Waals surface area contributed by atoms with E-state index < -0.39 is 11.9 Å². The quantitative estimate of drug-likeness (QED) is 0.0833. The van der Waals surface area contributed by atoms with Gasteiger partial charge in [0.2, 0.25) is 24.5 Å². The van der Waals surface area contributed by atoms with Crippen LogP contribution in [0.2, 0.25) is 0 Å². The van der Waals surface area contributed by atoms with Gasteiger partial charge in [0, 0.05) is 80.2 Å². The number of carbonyl (C=O) groups excluding carboxylic acids is 5. The van der Waals surface area contributed by atoms with E-state index in [9.17, 15) is 28.4 Å². The third-order valence-corrected chi connectivity index (χ3v) is 17.3. The van der Waals surface area contributed by atoms with Crippen LogP contribution in [0.15, 0.2) is 148 Å². The average molecular weight is 1480 g/mol. The summed E-state index contributed by atoms with van der Waals surface area (Å²) in [5, 5.41) is 8.51. The third-order valence-electron chi connectivity index (χ3n) is 15.9. The molecule has 6 aromatic carbocycles. The van der Waals surface area contributed by atoms with E-state index in [4.69, 9.17) is 37.7 Å². The van der Waals surface area contributed by atoms with Crippen molar-refractivity contribution < 1.29 is 70.8 Å². The lowest BCUT2D eigenvalue weighted by atomic mass is 10.0. The molecule has 2 amide bonds. The van der Waals surface area contributed by atoms with Crippen molar-refractivity contribution in [1.29, 1.82) is 0 Å². The molecule has 106 heavy (non-hydrogen) atoms. The van der Waals surface area contributed by atoms with Crippen LogP contribution < -0.4 is 9.47 Å². The number of likely N-dealkylation sites (tertiary alicyclic amines) is 1. The first kappa shape index (κ1) is 88.8. The highest BCUT2D eigenvalue weighted by Crippen LogP contribution is 2.35. The second-order valence-corrected chi connectivity index (χ2v) is 29.0. The lowest BCUT2D eigenvalue weighted by Crippen LogP contribution is -2.42. The summed E-state index contributed by atoms with van der Waals surface area (Å²) in [5.41, 5.74) is 8.88. The number of aliphatic carboxylic acids is 1. The number of rotatable bonds is 13. The summed E-state index contributed by atoms with van der Waals surface area (Å²) in [6, 6.07) is 43.4. The van der Waals surface area contributed by atoms with E-state index in [2.05, 4.69) is 112 Å². The molecule has 2 fully saturated rings. The fourth-order valence-corrected chi connectivity index (χ4v) is 11.1. The van der Waals surface area contributed by atoms with Gasteiger partial charge in [-0.15, -0.1) is 11.3 Å². The molecule has 21 heteroatoms. The van der Waals surface area contributed by atoms with Gasteiger partial charge in [-0.05, 0) is 115 Å². The number of oxazole rings is 2. The number of ketones is 1. The van der Waals surface area contributed by atoms with Crippen molar-refractivity contribution in [1.82, 2.24) is 24.8 Å². The number of esters is 2. The molecule has 1 N–H and O–H groups in total. The zero-order valence-electron chi connectivity index (χ0n) is 65.7. The minimum Gasteiger partial charge on any atom is -0.481 e. The van der Waals surface area contributed by atoms with Crippen molar-refractivity contribution in [3.8, 4) is 23.0 Å². The maximum absolute atomic E-state index is 12.7. The van der Waals surface area contributed by atoms with E-state index in [1.165, 1.54) is 55.9 Å². The molecule has 0 saturated carbocycles. The van der Waals surface area contributed by atoms with Gasteiger partial charge in [-0.1, -0.05) is 189 Å². The zero-order chi connectivity index (χ0) is 78.7. The number of benzene rings is 6. The topological polar surface area (TPSA) is 240 Å². The molecule has 9 aromatic rings. The largest absolute Gasteiger partial charge is 0.481 e. The number of fused-ring (bicyclic) bond motifs is 3. The van der Waals surface area contributed by atoms with E-state index in [1.807, 2.05) is 138 Å². The molecule has 12 rings (SSSR count). The van der Waals surface area contributed by atoms with Gasteiger partial charge < -0.3 is 47.4 Å². The number of methoxy groups -OCH3 is 2. The Morgan fingerprint density at radius 3 is 1.65 bits per heavy atom. The summed E-state index contributed by atoms with van der Waals surface area (Å²) in [7, 11) is 2.72. The van der Waals surface area contributed by atoms with Crippen molar-refractivity contribution in [2.45, 2.75) is 173 Å². The molecule has 574 valence electrons. The fraction of sp³-hybridized carbons (Fsp3) is 0.447. The molecule has 0 bridgehead atoms. The second-order valence-electron chi connectivity index (χ2n) is 28.0. The molecule has 0 atom stereocenters. The predicted molar refractivity (Wildman–Crippen MR) is 419 cm³/mol. The number of aromatic nitrogens is 3. The number of hydrogen-bond acceptors (Lipinski definition) is 17. The van der Waals surface area contributed by atoms with Crippen molar-refractivity contribution in [3.63, 3.8) is 0 Å². The Bertz CT molecular complexity index is 4130. The zero-order valence-corrected chi connectivity index (χ0v) is 66.6. The first-order valence-corrected chi connectivity index (χ1v) is 37.1. The van der Waals surface area contributed by atoms with Gasteiger partial charge in [0.1, 0.15) is 17.1 Å². The van der Waals surface area contributed by atoms with Gasteiger partial charge in [-0.25, -0.2) is 28.9 Å². The van der Waals surface area contributed by atoms with Gasteiger partial charge in [0.25, 0.3) is 5.97 Å². The van der Waals surface area contributed by atoms with Crippen LogP contribution in [0.1, 0.15) is 231 Å². The summed E-state index contributed by atoms with van der Waals surface area (Å²) < 4.78 is 50.0. The van der Waals surface area contributed by atoms with Crippen LogP contribution in [0, 0.1) is 30.5 Å². The number of carbonyl (C=O) groups is 6. The first-order chi connectivity index (χ1) is 50.2. The van der Waals surface area contributed by atoms with E-state index in [1.54, 1.807) is 35.6 Å². The van der Waals surface area contributed by atoms with E-state index in [0.29, 0.717) is 84.7 Å². The number of halogens is 1. The summed E-state index contributed by atoms with van der Waals surface area (Å²) in [5.74, 6) is 4.81.